The molecular formula is C17H28ClNO2. The molecule has 2 aliphatic carbocycles. The maximum absolute atomic E-state index is 12.7. The van der Waals surface area contributed by atoms with Crippen molar-refractivity contribution < 1.29 is 9.53 Å². The maximum atomic E-state index is 12.7. The fourth-order valence-electron chi connectivity index (χ4n) is 4.53. The molecule has 1 heterocycles. The summed E-state index contributed by atoms with van der Waals surface area (Å²) in [5.41, 5.74) is -0.222. The standard InChI is InChI=1S/C17H28ClNO2/c18-12-17(7-9-21-10-8-17)19-16(20)15-6-5-13-3-1-2-4-14(13)11-15/h13-15H,1-12H2,(H,19,20). The van der Waals surface area contributed by atoms with E-state index in [-0.39, 0.29) is 17.4 Å². The summed E-state index contributed by atoms with van der Waals surface area (Å²) in [6.45, 7) is 1.42. The quantitative estimate of drug-likeness (QED) is 0.810. The van der Waals surface area contributed by atoms with Crippen LogP contribution in [0.3, 0.4) is 0 Å². The molecule has 3 atom stereocenters. The molecule has 0 aromatic rings. The highest BCUT2D eigenvalue weighted by atomic mass is 35.5. The zero-order valence-electron chi connectivity index (χ0n) is 12.9. The topological polar surface area (TPSA) is 38.3 Å². The number of carbonyl (C=O) groups excluding carboxylic acids is 1. The minimum atomic E-state index is -0.222. The molecule has 0 bridgehead atoms. The van der Waals surface area contributed by atoms with E-state index in [1.807, 2.05) is 0 Å². The summed E-state index contributed by atoms with van der Waals surface area (Å²) < 4.78 is 5.41. The Morgan fingerprint density at radius 1 is 1.10 bits per heavy atom. The number of nitrogens with one attached hydrogen (secondary N) is 1. The average Bonchev–Trinajstić information content (AvgIpc) is 2.55. The lowest BCUT2D eigenvalue weighted by Crippen LogP contribution is -2.55. The van der Waals surface area contributed by atoms with Crippen molar-refractivity contribution in [2.75, 3.05) is 19.1 Å². The van der Waals surface area contributed by atoms with E-state index in [9.17, 15) is 4.79 Å². The lowest BCUT2D eigenvalue weighted by molar-refractivity contribution is -0.130. The lowest BCUT2D eigenvalue weighted by Gasteiger charge is -2.41. The van der Waals surface area contributed by atoms with Gasteiger partial charge in [0.1, 0.15) is 0 Å². The van der Waals surface area contributed by atoms with Crippen LogP contribution in [0.2, 0.25) is 0 Å². The first-order valence-electron chi connectivity index (χ1n) is 8.68. The number of alkyl halides is 1. The number of rotatable bonds is 3. The highest BCUT2D eigenvalue weighted by Crippen LogP contribution is 2.43. The summed E-state index contributed by atoms with van der Waals surface area (Å²) >= 11 is 6.16. The first-order valence-corrected chi connectivity index (χ1v) is 9.22. The second-order valence-electron chi connectivity index (χ2n) is 7.33. The van der Waals surface area contributed by atoms with Crippen LogP contribution in [0, 0.1) is 17.8 Å². The maximum Gasteiger partial charge on any atom is 0.223 e. The predicted octanol–water partition coefficient (Wildman–Crippen LogP) is 3.50. The first kappa shape index (κ1) is 15.6. The molecule has 4 heteroatoms. The molecule has 2 saturated carbocycles. The number of halogens is 1. The smallest absolute Gasteiger partial charge is 0.223 e. The Bertz CT molecular complexity index is 368. The average molecular weight is 314 g/mol. The second kappa shape index (κ2) is 6.87. The summed E-state index contributed by atoms with van der Waals surface area (Å²) in [4.78, 5) is 12.7. The number of fused-ring (bicyclic) bond motifs is 1. The van der Waals surface area contributed by atoms with E-state index >= 15 is 0 Å². The van der Waals surface area contributed by atoms with Crippen LogP contribution in [0.4, 0.5) is 0 Å². The van der Waals surface area contributed by atoms with Crippen LogP contribution < -0.4 is 5.32 Å². The van der Waals surface area contributed by atoms with Gasteiger partial charge in [-0.05, 0) is 43.9 Å². The van der Waals surface area contributed by atoms with E-state index in [4.69, 9.17) is 16.3 Å². The summed E-state index contributed by atoms with van der Waals surface area (Å²) in [5, 5.41) is 3.30. The van der Waals surface area contributed by atoms with Crippen LogP contribution in [0.25, 0.3) is 0 Å². The largest absolute Gasteiger partial charge is 0.381 e. The number of ether oxygens (including phenoxy) is 1. The zero-order valence-corrected chi connectivity index (χ0v) is 13.7. The van der Waals surface area contributed by atoms with Crippen LogP contribution in [-0.2, 0) is 9.53 Å². The normalized spacial score (nSPS) is 35.8. The fourth-order valence-corrected chi connectivity index (χ4v) is 4.86. The third-order valence-corrected chi connectivity index (χ3v) is 6.52. The molecule has 21 heavy (non-hydrogen) atoms. The van der Waals surface area contributed by atoms with Gasteiger partial charge in [0.2, 0.25) is 5.91 Å². The summed E-state index contributed by atoms with van der Waals surface area (Å²) in [6, 6.07) is 0. The highest BCUT2D eigenvalue weighted by Gasteiger charge is 2.39. The van der Waals surface area contributed by atoms with Crippen molar-refractivity contribution in [3.8, 4) is 0 Å². The molecule has 3 unspecified atom stereocenters. The Balaban J connectivity index is 1.57. The van der Waals surface area contributed by atoms with E-state index in [1.54, 1.807) is 0 Å². The number of amides is 1. The van der Waals surface area contributed by atoms with Crippen LogP contribution >= 0.6 is 11.6 Å². The predicted molar refractivity (Wildman–Crippen MR) is 84.4 cm³/mol. The monoisotopic (exact) mass is 313 g/mol. The van der Waals surface area contributed by atoms with Crippen LogP contribution in [0.1, 0.15) is 57.8 Å². The van der Waals surface area contributed by atoms with Gasteiger partial charge in [-0.3, -0.25) is 4.79 Å². The van der Waals surface area contributed by atoms with Gasteiger partial charge in [-0.15, -0.1) is 11.6 Å². The minimum Gasteiger partial charge on any atom is -0.381 e. The molecule has 1 saturated heterocycles. The molecule has 1 aliphatic heterocycles. The van der Waals surface area contributed by atoms with Crippen molar-refractivity contribution in [1.82, 2.24) is 5.32 Å². The molecule has 3 rings (SSSR count). The first-order chi connectivity index (χ1) is 10.2. The molecule has 0 radical (unpaired) electrons. The highest BCUT2D eigenvalue weighted by molar-refractivity contribution is 6.18. The molecule has 1 amide bonds. The van der Waals surface area contributed by atoms with Gasteiger partial charge in [0.25, 0.3) is 0 Å². The van der Waals surface area contributed by atoms with Gasteiger partial charge < -0.3 is 10.1 Å². The zero-order chi connectivity index (χ0) is 14.7. The van der Waals surface area contributed by atoms with Crippen molar-refractivity contribution in [3.05, 3.63) is 0 Å². The van der Waals surface area contributed by atoms with Crippen LogP contribution in [-0.4, -0.2) is 30.5 Å². The van der Waals surface area contributed by atoms with E-state index in [0.717, 1.165) is 37.5 Å². The molecule has 3 aliphatic rings. The van der Waals surface area contributed by atoms with Crippen molar-refractivity contribution in [2.24, 2.45) is 17.8 Å². The Hall–Kier alpha value is -0.280. The molecule has 0 aromatic carbocycles. The lowest BCUT2D eigenvalue weighted by atomic mass is 9.67. The van der Waals surface area contributed by atoms with Crippen LogP contribution in [0.15, 0.2) is 0 Å². The number of hydrogen-bond acceptors (Lipinski definition) is 2. The van der Waals surface area contributed by atoms with Crippen molar-refractivity contribution >= 4 is 17.5 Å². The van der Waals surface area contributed by atoms with Gasteiger partial charge in [0.15, 0.2) is 0 Å². The third-order valence-electron chi connectivity index (χ3n) is 6.00. The molecular weight excluding hydrogens is 286 g/mol. The Kier molecular flexibility index (Phi) is 5.11. The van der Waals surface area contributed by atoms with E-state index < -0.39 is 0 Å². The third kappa shape index (κ3) is 3.56. The van der Waals surface area contributed by atoms with Gasteiger partial charge in [0.05, 0.1) is 5.54 Å². The summed E-state index contributed by atoms with van der Waals surface area (Å²) in [6.07, 6.45) is 10.6. The second-order valence-corrected chi connectivity index (χ2v) is 7.60. The number of hydrogen-bond donors (Lipinski definition) is 1. The van der Waals surface area contributed by atoms with Gasteiger partial charge in [0, 0.05) is 25.0 Å². The van der Waals surface area contributed by atoms with Crippen molar-refractivity contribution in [3.63, 3.8) is 0 Å². The van der Waals surface area contributed by atoms with Gasteiger partial charge in [-0.2, -0.15) is 0 Å². The molecule has 3 fully saturated rings. The van der Waals surface area contributed by atoms with Gasteiger partial charge in [-0.1, -0.05) is 25.7 Å². The van der Waals surface area contributed by atoms with Crippen molar-refractivity contribution in [2.45, 2.75) is 63.3 Å². The summed E-state index contributed by atoms with van der Waals surface area (Å²) in [5.74, 6) is 2.66. The Morgan fingerprint density at radius 3 is 2.52 bits per heavy atom. The van der Waals surface area contributed by atoms with Gasteiger partial charge in [-0.25, -0.2) is 0 Å². The molecule has 1 N–H and O–H groups in total. The Morgan fingerprint density at radius 2 is 1.81 bits per heavy atom. The van der Waals surface area contributed by atoms with E-state index in [0.29, 0.717) is 19.1 Å². The summed E-state index contributed by atoms with van der Waals surface area (Å²) in [7, 11) is 0. The Labute approximate surface area is 133 Å². The van der Waals surface area contributed by atoms with E-state index in [2.05, 4.69) is 5.32 Å². The fraction of sp³-hybridized carbons (Fsp3) is 0.941. The molecule has 3 nitrogen and oxygen atoms in total. The molecule has 120 valence electrons. The van der Waals surface area contributed by atoms with Crippen molar-refractivity contribution in [1.29, 1.82) is 0 Å². The molecule has 0 spiro atoms. The SMILES string of the molecule is O=C(NC1(CCl)CCOCC1)C1CCC2CCCCC2C1. The van der Waals surface area contributed by atoms with E-state index in [1.165, 1.54) is 32.1 Å². The van der Waals surface area contributed by atoms with Gasteiger partial charge >= 0.3 is 0 Å². The number of carbonyl (C=O) groups is 1. The minimum absolute atomic E-state index is 0.215. The van der Waals surface area contributed by atoms with Crippen LogP contribution in [0.5, 0.6) is 0 Å². The molecule has 0 aromatic heterocycles.